The number of carboxylic acid groups (broad SMARTS) is 1. The van der Waals surface area contributed by atoms with Gasteiger partial charge in [0.1, 0.15) is 17.7 Å². The minimum atomic E-state index is -0.865. The van der Waals surface area contributed by atoms with Gasteiger partial charge in [-0.05, 0) is 18.4 Å². The van der Waals surface area contributed by atoms with Crippen LogP contribution in [0.15, 0.2) is 28.1 Å². The summed E-state index contributed by atoms with van der Waals surface area (Å²) in [6.07, 6.45) is 0. The zero-order valence-corrected chi connectivity index (χ0v) is 13.7. The van der Waals surface area contributed by atoms with E-state index in [1.807, 2.05) is 40.0 Å². The molecule has 0 saturated heterocycles. The highest BCUT2D eigenvalue weighted by Crippen LogP contribution is 2.26. The number of thiophene rings is 1. The molecule has 0 fully saturated rings. The Bertz CT molecular complexity index is 870. The van der Waals surface area contributed by atoms with Gasteiger partial charge in [0.05, 0.1) is 23.7 Å². The molecule has 0 bridgehead atoms. The standard InChI is InChI=1S/C15H15N5O3S/c1-9-16-17-14-8-19(11(15(21)22)7-20(9)14)6-10-5-12(23-18-10)13-3-2-4-24-13/h2-5,11H,6-8H2,1H3,(H,21,22). The van der Waals surface area contributed by atoms with Crippen molar-refractivity contribution in [3.8, 4) is 10.6 Å². The molecule has 0 radical (unpaired) electrons. The Hall–Kier alpha value is -2.52. The van der Waals surface area contributed by atoms with Crippen LogP contribution >= 0.6 is 11.3 Å². The maximum absolute atomic E-state index is 11.7. The molecule has 1 N–H and O–H groups in total. The molecule has 1 unspecified atom stereocenters. The van der Waals surface area contributed by atoms with Crippen LogP contribution in [0.3, 0.4) is 0 Å². The fourth-order valence-corrected chi connectivity index (χ4v) is 3.56. The second-order valence-electron chi connectivity index (χ2n) is 5.69. The zero-order chi connectivity index (χ0) is 16.7. The van der Waals surface area contributed by atoms with E-state index < -0.39 is 12.0 Å². The Kier molecular flexibility index (Phi) is 3.66. The van der Waals surface area contributed by atoms with Crippen LogP contribution in [0.25, 0.3) is 10.6 Å². The summed E-state index contributed by atoms with van der Waals surface area (Å²) >= 11 is 1.57. The summed E-state index contributed by atoms with van der Waals surface area (Å²) < 4.78 is 7.23. The van der Waals surface area contributed by atoms with E-state index in [-0.39, 0.29) is 0 Å². The van der Waals surface area contributed by atoms with Crippen molar-refractivity contribution in [3.63, 3.8) is 0 Å². The van der Waals surface area contributed by atoms with Gasteiger partial charge in [-0.15, -0.1) is 21.5 Å². The second-order valence-corrected chi connectivity index (χ2v) is 6.64. The summed E-state index contributed by atoms with van der Waals surface area (Å²) in [4.78, 5) is 14.5. The van der Waals surface area contributed by atoms with E-state index in [2.05, 4.69) is 15.4 Å². The Morgan fingerprint density at radius 2 is 2.38 bits per heavy atom. The average molecular weight is 345 g/mol. The second kappa shape index (κ2) is 5.84. The van der Waals surface area contributed by atoms with Crippen LogP contribution in [0.5, 0.6) is 0 Å². The molecule has 24 heavy (non-hydrogen) atoms. The monoisotopic (exact) mass is 345 g/mol. The van der Waals surface area contributed by atoms with Crippen molar-refractivity contribution < 1.29 is 14.4 Å². The summed E-state index contributed by atoms with van der Waals surface area (Å²) in [6, 6.07) is 5.12. The van der Waals surface area contributed by atoms with Gasteiger partial charge < -0.3 is 14.2 Å². The highest BCUT2D eigenvalue weighted by molar-refractivity contribution is 7.13. The number of hydrogen-bond acceptors (Lipinski definition) is 7. The van der Waals surface area contributed by atoms with Crippen LogP contribution in [0.1, 0.15) is 17.3 Å². The Morgan fingerprint density at radius 1 is 1.50 bits per heavy atom. The molecular formula is C15H15N5O3S. The van der Waals surface area contributed by atoms with Gasteiger partial charge in [0, 0.05) is 12.6 Å². The molecule has 1 atom stereocenters. The molecular weight excluding hydrogens is 330 g/mol. The lowest BCUT2D eigenvalue weighted by molar-refractivity contribution is -0.145. The van der Waals surface area contributed by atoms with Crippen LogP contribution in [0.4, 0.5) is 0 Å². The first-order chi connectivity index (χ1) is 11.6. The number of carbonyl (C=O) groups is 1. The van der Waals surface area contributed by atoms with E-state index in [1.165, 1.54) is 0 Å². The lowest BCUT2D eigenvalue weighted by Crippen LogP contribution is -2.47. The lowest BCUT2D eigenvalue weighted by Gasteiger charge is -2.32. The molecule has 124 valence electrons. The van der Waals surface area contributed by atoms with Gasteiger partial charge in [0.15, 0.2) is 5.76 Å². The van der Waals surface area contributed by atoms with Crippen molar-refractivity contribution in [2.45, 2.75) is 32.6 Å². The van der Waals surface area contributed by atoms with E-state index in [4.69, 9.17) is 4.52 Å². The summed E-state index contributed by atoms with van der Waals surface area (Å²) in [5.74, 6) is 1.34. The van der Waals surface area contributed by atoms with Crippen LogP contribution in [-0.4, -0.2) is 41.9 Å². The number of aryl methyl sites for hydroxylation is 1. The molecule has 4 rings (SSSR count). The van der Waals surface area contributed by atoms with Gasteiger partial charge in [0.2, 0.25) is 0 Å². The smallest absolute Gasteiger partial charge is 0.322 e. The van der Waals surface area contributed by atoms with Crippen molar-refractivity contribution in [3.05, 3.63) is 40.9 Å². The van der Waals surface area contributed by atoms with Crippen LogP contribution in [0, 0.1) is 6.92 Å². The molecule has 9 heteroatoms. The van der Waals surface area contributed by atoms with Gasteiger partial charge in [-0.1, -0.05) is 11.2 Å². The number of aliphatic carboxylic acids is 1. The Morgan fingerprint density at radius 3 is 3.12 bits per heavy atom. The van der Waals surface area contributed by atoms with Crippen molar-refractivity contribution >= 4 is 17.3 Å². The minimum Gasteiger partial charge on any atom is -0.480 e. The number of rotatable bonds is 4. The molecule has 1 aliphatic heterocycles. The fraction of sp³-hybridized carbons (Fsp3) is 0.333. The molecule has 4 heterocycles. The van der Waals surface area contributed by atoms with E-state index >= 15 is 0 Å². The largest absolute Gasteiger partial charge is 0.480 e. The van der Waals surface area contributed by atoms with Crippen molar-refractivity contribution in [1.82, 2.24) is 24.8 Å². The quantitative estimate of drug-likeness (QED) is 0.769. The van der Waals surface area contributed by atoms with Gasteiger partial charge in [-0.2, -0.15) is 0 Å². The zero-order valence-electron chi connectivity index (χ0n) is 12.9. The maximum Gasteiger partial charge on any atom is 0.322 e. The molecule has 0 spiro atoms. The van der Waals surface area contributed by atoms with Crippen LogP contribution in [0.2, 0.25) is 0 Å². The summed E-state index contributed by atoms with van der Waals surface area (Å²) in [5, 5.41) is 23.8. The Balaban J connectivity index is 1.57. The average Bonchev–Trinajstić information content (AvgIpc) is 3.28. The molecule has 0 aliphatic carbocycles. The van der Waals surface area contributed by atoms with Crippen molar-refractivity contribution in [2.24, 2.45) is 0 Å². The third kappa shape index (κ3) is 2.61. The molecule has 8 nitrogen and oxygen atoms in total. The molecule has 0 aromatic carbocycles. The number of nitrogens with zero attached hydrogens (tertiary/aromatic N) is 5. The van der Waals surface area contributed by atoms with Crippen LogP contribution in [-0.2, 0) is 24.4 Å². The summed E-state index contributed by atoms with van der Waals surface area (Å²) in [7, 11) is 0. The number of fused-ring (bicyclic) bond motifs is 1. The number of carboxylic acids is 1. The van der Waals surface area contributed by atoms with Gasteiger partial charge in [0.25, 0.3) is 0 Å². The van der Waals surface area contributed by atoms with Gasteiger partial charge in [-0.3, -0.25) is 9.69 Å². The Labute approximate surface area is 141 Å². The molecule has 3 aromatic heterocycles. The minimum absolute atomic E-state index is 0.332. The van der Waals surface area contributed by atoms with E-state index in [0.29, 0.717) is 31.1 Å². The molecule has 0 amide bonds. The first-order valence-electron chi connectivity index (χ1n) is 7.47. The SMILES string of the molecule is Cc1nnc2n1CC(C(=O)O)N(Cc1cc(-c3cccs3)on1)C2. The van der Waals surface area contributed by atoms with E-state index in [9.17, 15) is 9.90 Å². The van der Waals surface area contributed by atoms with E-state index in [0.717, 1.165) is 16.5 Å². The third-order valence-corrected chi connectivity index (χ3v) is 5.01. The first kappa shape index (κ1) is 15.0. The predicted octanol–water partition coefficient (Wildman–Crippen LogP) is 1.77. The number of hydrogen-bond donors (Lipinski definition) is 1. The maximum atomic E-state index is 11.7. The lowest BCUT2D eigenvalue weighted by atomic mass is 10.1. The highest BCUT2D eigenvalue weighted by Gasteiger charge is 2.33. The molecule has 1 aliphatic rings. The predicted molar refractivity (Wildman–Crippen MR) is 85.2 cm³/mol. The first-order valence-corrected chi connectivity index (χ1v) is 8.35. The topological polar surface area (TPSA) is 97.3 Å². The van der Waals surface area contributed by atoms with Gasteiger partial charge in [-0.25, -0.2) is 0 Å². The summed E-state index contributed by atoms with van der Waals surface area (Å²) in [5.41, 5.74) is 0.703. The summed E-state index contributed by atoms with van der Waals surface area (Å²) in [6.45, 7) is 2.96. The fourth-order valence-electron chi connectivity index (χ4n) is 2.89. The normalized spacial score (nSPS) is 17.8. The third-order valence-electron chi connectivity index (χ3n) is 4.13. The van der Waals surface area contributed by atoms with E-state index in [1.54, 1.807) is 11.3 Å². The highest BCUT2D eigenvalue weighted by atomic mass is 32.1. The van der Waals surface area contributed by atoms with Crippen LogP contribution < -0.4 is 0 Å². The molecule has 3 aromatic rings. The van der Waals surface area contributed by atoms with Gasteiger partial charge >= 0.3 is 5.97 Å². The van der Waals surface area contributed by atoms with Crippen molar-refractivity contribution in [1.29, 1.82) is 0 Å². The van der Waals surface area contributed by atoms with Crippen molar-refractivity contribution in [2.75, 3.05) is 0 Å². The number of aromatic nitrogens is 4. The molecule has 0 saturated carbocycles.